The van der Waals surface area contributed by atoms with E-state index in [1.807, 2.05) is 4.90 Å². The Morgan fingerprint density at radius 1 is 1.12 bits per heavy atom. The molecule has 1 aliphatic rings. The number of hydrogen-bond donors (Lipinski definition) is 3. The average Bonchev–Trinajstić information content (AvgIpc) is 3.33. The number of nitrogens with two attached hydrogens (primary N) is 1. The number of fused-ring (bicyclic) bond motifs is 1. The van der Waals surface area contributed by atoms with Gasteiger partial charge in [-0.3, -0.25) is 18.9 Å². The second-order valence-corrected chi connectivity index (χ2v) is 10.6. The molecule has 1 aromatic carbocycles. The van der Waals surface area contributed by atoms with E-state index in [0.717, 1.165) is 31.2 Å². The van der Waals surface area contributed by atoms with E-state index in [2.05, 4.69) is 15.3 Å². The second kappa shape index (κ2) is 10.7. The highest BCUT2D eigenvalue weighted by Gasteiger charge is 2.39. The summed E-state index contributed by atoms with van der Waals surface area (Å²) in [6.45, 7) is 4.30. The van der Waals surface area contributed by atoms with E-state index in [1.165, 1.54) is 18.3 Å². The summed E-state index contributed by atoms with van der Waals surface area (Å²) in [6.07, 6.45) is 0.881. The van der Waals surface area contributed by atoms with Crippen molar-refractivity contribution in [3.05, 3.63) is 71.7 Å². The maximum Gasteiger partial charge on any atom is 0.416 e. The number of carboxylic acid groups (broad SMARTS) is 1. The Morgan fingerprint density at radius 3 is 2.57 bits per heavy atom. The number of aliphatic carboxylic acids is 1. The number of benzene rings is 1. The first-order chi connectivity index (χ1) is 19.8. The van der Waals surface area contributed by atoms with Crippen molar-refractivity contribution in [1.82, 2.24) is 24.3 Å². The molecule has 4 N–H and O–H groups in total. The minimum Gasteiger partial charge on any atom is -0.480 e. The molecule has 0 bridgehead atoms. The van der Waals surface area contributed by atoms with Crippen LogP contribution in [0, 0.1) is 5.82 Å². The number of anilines is 2. The number of rotatable bonds is 6. The van der Waals surface area contributed by atoms with Crippen LogP contribution in [0.4, 0.5) is 29.2 Å². The standard InChI is InChI=1S/C28H27F4N7O3/c1-27(2,26(41)42)38-10-3-4-16(14-38)24-37-21(22-23(33)35-9-11-39(22)24)18-6-5-15(12-19(18)29)25(40)36-20-13-17(7-8-34-20)28(30,31)32/h5-9,11-13,16H,3-4,10,14H2,1-2H3,(H2,33,35)(H,41,42)(H,34,36,40)/t16-/m1/s1. The van der Waals surface area contributed by atoms with E-state index in [4.69, 9.17) is 10.7 Å². The van der Waals surface area contributed by atoms with E-state index < -0.39 is 35.0 Å². The smallest absolute Gasteiger partial charge is 0.416 e. The second-order valence-electron chi connectivity index (χ2n) is 10.6. The van der Waals surface area contributed by atoms with Crippen LogP contribution in [0.25, 0.3) is 16.8 Å². The molecule has 0 spiro atoms. The lowest BCUT2D eigenvalue weighted by molar-refractivity contribution is -0.150. The number of pyridine rings is 1. The van der Waals surface area contributed by atoms with Gasteiger partial charge in [0.1, 0.15) is 40.0 Å². The number of amides is 1. The number of nitrogen functional groups attached to an aromatic ring is 1. The summed E-state index contributed by atoms with van der Waals surface area (Å²) < 4.78 is 56.3. The van der Waals surface area contributed by atoms with Crippen LogP contribution in [-0.2, 0) is 11.0 Å². The lowest BCUT2D eigenvalue weighted by Crippen LogP contribution is -2.53. The first kappa shape index (κ1) is 28.9. The number of alkyl halides is 3. The summed E-state index contributed by atoms with van der Waals surface area (Å²) in [4.78, 5) is 39.1. The minimum atomic E-state index is -4.62. The average molecular weight is 586 g/mol. The van der Waals surface area contributed by atoms with Crippen molar-refractivity contribution in [1.29, 1.82) is 0 Å². The topological polar surface area (TPSA) is 139 Å². The van der Waals surface area contributed by atoms with Gasteiger partial charge >= 0.3 is 12.1 Å². The fourth-order valence-electron chi connectivity index (χ4n) is 5.11. The summed E-state index contributed by atoms with van der Waals surface area (Å²) in [5, 5.41) is 12.0. The molecular weight excluding hydrogens is 558 g/mol. The maximum absolute atomic E-state index is 15.5. The van der Waals surface area contributed by atoms with Gasteiger partial charge in [0.2, 0.25) is 0 Å². The maximum atomic E-state index is 15.5. The van der Waals surface area contributed by atoms with Crippen molar-refractivity contribution in [2.75, 3.05) is 24.1 Å². The van der Waals surface area contributed by atoms with Crippen LogP contribution in [0.2, 0.25) is 0 Å². The van der Waals surface area contributed by atoms with E-state index in [-0.39, 0.29) is 34.4 Å². The van der Waals surface area contributed by atoms with Gasteiger partial charge in [-0.15, -0.1) is 0 Å². The Labute approximate surface area is 237 Å². The molecule has 1 atom stereocenters. The normalized spacial score (nSPS) is 16.5. The van der Waals surface area contributed by atoms with Gasteiger partial charge in [0.05, 0.1) is 5.56 Å². The summed E-state index contributed by atoms with van der Waals surface area (Å²) >= 11 is 0. The highest BCUT2D eigenvalue weighted by atomic mass is 19.4. The highest BCUT2D eigenvalue weighted by molar-refractivity contribution is 6.04. The molecule has 0 aliphatic carbocycles. The monoisotopic (exact) mass is 585 g/mol. The molecule has 1 amide bonds. The van der Waals surface area contributed by atoms with Gasteiger partial charge in [-0.25, -0.2) is 19.3 Å². The lowest BCUT2D eigenvalue weighted by atomic mass is 9.92. The molecule has 1 fully saturated rings. The van der Waals surface area contributed by atoms with Crippen LogP contribution in [0.3, 0.4) is 0 Å². The van der Waals surface area contributed by atoms with Gasteiger partial charge < -0.3 is 16.2 Å². The number of nitrogens with one attached hydrogen (secondary N) is 1. The van der Waals surface area contributed by atoms with Crippen molar-refractivity contribution < 1.29 is 32.3 Å². The highest BCUT2D eigenvalue weighted by Crippen LogP contribution is 2.36. The number of carboxylic acids is 1. The fraction of sp³-hybridized carbons (Fsp3) is 0.321. The molecule has 0 unspecified atom stereocenters. The Balaban J connectivity index is 1.47. The zero-order valence-corrected chi connectivity index (χ0v) is 22.6. The van der Waals surface area contributed by atoms with Crippen LogP contribution in [0.15, 0.2) is 48.9 Å². The molecule has 5 rings (SSSR count). The number of aromatic nitrogens is 4. The fourth-order valence-corrected chi connectivity index (χ4v) is 5.11. The van der Waals surface area contributed by atoms with Crippen molar-refractivity contribution >= 4 is 29.0 Å². The molecule has 0 saturated carbocycles. The molecule has 4 aromatic rings. The molecule has 1 aliphatic heterocycles. The molecule has 1 saturated heterocycles. The molecule has 3 aromatic heterocycles. The van der Waals surface area contributed by atoms with Crippen molar-refractivity contribution in [3.63, 3.8) is 0 Å². The quantitative estimate of drug-likeness (QED) is 0.274. The van der Waals surface area contributed by atoms with Crippen LogP contribution in [0.1, 0.15) is 54.4 Å². The summed E-state index contributed by atoms with van der Waals surface area (Å²) in [7, 11) is 0. The zero-order valence-electron chi connectivity index (χ0n) is 22.6. The van der Waals surface area contributed by atoms with Crippen molar-refractivity contribution in [3.8, 4) is 11.3 Å². The number of carbonyl (C=O) groups is 2. The van der Waals surface area contributed by atoms with Gasteiger partial charge in [-0.2, -0.15) is 13.2 Å². The van der Waals surface area contributed by atoms with Crippen molar-refractivity contribution in [2.45, 2.75) is 44.3 Å². The Bertz CT molecular complexity index is 1690. The number of likely N-dealkylation sites (tertiary alicyclic amines) is 1. The molecule has 10 nitrogen and oxygen atoms in total. The number of hydrogen-bond acceptors (Lipinski definition) is 7. The van der Waals surface area contributed by atoms with E-state index in [1.54, 1.807) is 24.4 Å². The predicted octanol–water partition coefficient (Wildman–Crippen LogP) is 4.83. The van der Waals surface area contributed by atoms with Gasteiger partial charge in [-0.05, 0) is 63.6 Å². The Kier molecular flexibility index (Phi) is 7.35. The van der Waals surface area contributed by atoms with Gasteiger partial charge in [0.25, 0.3) is 5.91 Å². The first-order valence-corrected chi connectivity index (χ1v) is 13.0. The zero-order chi connectivity index (χ0) is 30.4. The van der Waals surface area contributed by atoms with E-state index in [0.29, 0.717) is 30.5 Å². The molecular formula is C28H27F4N7O3. The van der Waals surface area contributed by atoms with Crippen molar-refractivity contribution in [2.24, 2.45) is 0 Å². The minimum absolute atomic E-state index is 0.0331. The van der Waals surface area contributed by atoms with Crippen LogP contribution >= 0.6 is 0 Å². The van der Waals surface area contributed by atoms with Gasteiger partial charge in [0, 0.05) is 42.2 Å². The first-order valence-electron chi connectivity index (χ1n) is 13.0. The predicted molar refractivity (Wildman–Crippen MR) is 145 cm³/mol. The summed E-state index contributed by atoms with van der Waals surface area (Å²) in [5.74, 6) is -2.47. The third-order valence-corrected chi connectivity index (χ3v) is 7.53. The molecule has 14 heteroatoms. The molecule has 0 radical (unpaired) electrons. The SMILES string of the molecule is CC(C)(C(=O)O)N1CCC[C@@H](c2nc(-c3ccc(C(=O)Nc4cc(C(F)(F)F)ccn4)cc3F)c3c(N)nccn23)C1. The van der Waals surface area contributed by atoms with E-state index >= 15 is 4.39 Å². The largest absolute Gasteiger partial charge is 0.480 e. The van der Waals surface area contributed by atoms with E-state index in [9.17, 15) is 27.9 Å². The van der Waals surface area contributed by atoms with Gasteiger partial charge in [0.15, 0.2) is 0 Å². The van der Waals surface area contributed by atoms with Crippen LogP contribution in [-0.4, -0.2) is 59.9 Å². The van der Waals surface area contributed by atoms with Crippen LogP contribution in [0.5, 0.6) is 0 Å². The third-order valence-electron chi connectivity index (χ3n) is 7.53. The number of nitrogens with zero attached hydrogens (tertiary/aromatic N) is 5. The number of piperidine rings is 1. The molecule has 42 heavy (non-hydrogen) atoms. The lowest BCUT2D eigenvalue weighted by Gasteiger charge is -2.40. The Hall–Kier alpha value is -4.59. The number of carbonyl (C=O) groups excluding carboxylic acids is 1. The third kappa shape index (κ3) is 5.36. The van der Waals surface area contributed by atoms with Crippen LogP contribution < -0.4 is 11.1 Å². The summed E-state index contributed by atoms with van der Waals surface area (Å²) in [6, 6.07) is 5.06. The Morgan fingerprint density at radius 2 is 1.88 bits per heavy atom. The molecule has 4 heterocycles. The van der Waals surface area contributed by atoms with Gasteiger partial charge in [-0.1, -0.05) is 0 Å². The number of halogens is 4. The number of imidazole rings is 1. The summed E-state index contributed by atoms with van der Waals surface area (Å²) in [5.41, 5.74) is 4.54. The molecule has 220 valence electrons.